The summed E-state index contributed by atoms with van der Waals surface area (Å²) in [5, 5.41) is 0. The van der Waals surface area contributed by atoms with Crippen LogP contribution in [0, 0.1) is 0 Å². The molecule has 2 aliphatic rings. The van der Waals surface area contributed by atoms with Crippen molar-refractivity contribution in [3.05, 3.63) is 142 Å². The SMILES string of the molecule is O=c1n(-c2ccccc2)c(=O)n2n1C1CCCC2[CH]1[Ge]([c]1ccccc1)([c]1ccccc1)[c]1ccccc1. The normalized spacial score (nSPS) is 20.3. The second-order valence-corrected chi connectivity index (χ2v) is 18.8. The van der Waals surface area contributed by atoms with Gasteiger partial charge in [0, 0.05) is 0 Å². The second kappa shape index (κ2) is 9.17. The molecular weight excluding hydrogens is 531 g/mol. The summed E-state index contributed by atoms with van der Waals surface area (Å²) in [4.78, 5) is 28.1. The van der Waals surface area contributed by atoms with Gasteiger partial charge in [-0.15, -0.1) is 0 Å². The second-order valence-electron chi connectivity index (χ2n) is 10.4. The zero-order valence-corrected chi connectivity index (χ0v) is 23.2. The molecule has 5 nitrogen and oxygen atoms in total. The van der Waals surface area contributed by atoms with Gasteiger partial charge in [-0.3, -0.25) is 0 Å². The monoisotopic (exact) mass is 561 g/mol. The van der Waals surface area contributed by atoms with Gasteiger partial charge >= 0.3 is 224 Å². The Morgan fingerprint density at radius 3 is 1.29 bits per heavy atom. The van der Waals surface area contributed by atoms with Crippen molar-refractivity contribution in [1.82, 2.24) is 13.9 Å². The van der Waals surface area contributed by atoms with Crippen LogP contribution in [0.25, 0.3) is 5.69 Å². The van der Waals surface area contributed by atoms with Gasteiger partial charge in [0.05, 0.1) is 0 Å². The fraction of sp³-hybridized carbons (Fsp3) is 0.188. The Labute approximate surface area is 224 Å². The van der Waals surface area contributed by atoms with Crippen LogP contribution in [-0.4, -0.2) is 27.2 Å². The van der Waals surface area contributed by atoms with Gasteiger partial charge in [-0.25, -0.2) is 0 Å². The van der Waals surface area contributed by atoms with Gasteiger partial charge in [0.25, 0.3) is 0 Å². The first-order valence-electron chi connectivity index (χ1n) is 13.4. The third-order valence-electron chi connectivity index (χ3n) is 8.67. The Bertz CT molecular complexity index is 1550. The van der Waals surface area contributed by atoms with Gasteiger partial charge in [-0.05, 0) is 0 Å². The summed E-state index contributed by atoms with van der Waals surface area (Å²) in [6.07, 6.45) is 2.82. The van der Waals surface area contributed by atoms with E-state index in [0.717, 1.165) is 19.3 Å². The van der Waals surface area contributed by atoms with E-state index in [-0.39, 0.29) is 28.2 Å². The molecule has 38 heavy (non-hydrogen) atoms. The molecule has 7 rings (SSSR count). The summed E-state index contributed by atoms with van der Waals surface area (Å²) in [6.45, 7) is 0. The quantitative estimate of drug-likeness (QED) is 0.309. The molecule has 1 fully saturated rings. The molecule has 0 N–H and O–H groups in total. The zero-order valence-electron chi connectivity index (χ0n) is 21.1. The van der Waals surface area contributed by atoms with Crippen LogP contribution in [0.4, 0.5) is 0 Å². The molecular formula is C32H29GeN3O2. The zero-order chi connectivity index (χ0) is 25.7. The summed E-state index contributed by atoms with van der Waals surface area (Å²) < 4.78 is 9.33. The van der Waals surface area contributed by atoms with Crippen molar-refractivity contribution in [3.63, 3.8) is 0 Å². The maximum absolute atomic E-state index is 14.0. The van der Waals surface area contributed by atoms with Crippen LogP contribution < -0.4 is 24.6 Å². The van der Waals surface area contributed by atoms with Crippen LogP contribution in [0.5, 0.6) is 0 Å². The topological polar surface area (TPSA) is 48.9 Å². The summed E-state index contributed by atoms with van der Waals surface area (Å²) >= 11 is -3.48. The van der Waals surface area contributed by atoms with Crippen molar-refractivity contribution in [2.45, 2.75) is 36.1 Å². The molecule has 4 aromatic carbocycles. The van der Waals surface area contributed by atoms with Gasteiger partial charge in [0.1, 0.15) is 0 Å². The fourth-order valence-electron chi connectivity index (χ4n) is 7.33. The molecule has 1 aliphatic heterocycles. The molecule has 2 atom stereocenters. The molecule has 0 radical (unpaired) electrons. The summed E-state index contributed by atoms with van der Waals surface area (Å²) in [7, 11) is 0. The third-order valence-corrected chi connectivity index (χ3v) is 20.2. The molecule has 2 unspecified atom stereocenters. The Hall–Kier alpha value is -3.84. The van der Waals surface area contributed by atoms with E-state index in [9.17, 15) is 9.59 Å². The van der Waals surface area contributed by atoms with E-state index in [1.54, 1.807) is 0 Å². The number of rotatable bonds is 5. The van der Waals surface area contributed by atoms with Crippen molar-refractivity contribution >= 4 is 26.5 Å². The Kier molecular flexibility index (Phi) is 5.62. The Morgan fingerprint density at radius 1 is 0.526 bits per heavy atom. The minimum absolute atomic E-state index is 0.0282. The number of fused-ring (bicyclic) bond motifs is 5. The van der Waals surface area contributed by atoms with E-state index in [1.165, 1.54) is 17.8 Å². The van der Waals surface area contributed by atoms with E-state index >= 15 is 0 Å². The number of aromatic nitrogens is 3. The van der Waals surface area contributed by atoms with Gasteiger partial charge in [0.15, 0.2) is 0 Å². The van der Waals surface area contributed by atoms with Crippen LogP contribution in [0.2, 0.25) is 4.75 Å². The molecule has 5 aromatic rings. The average molecular weight is 560 g/mol. The molecule has 2 bridgehead atoms. The maximum atomic E-state index is 14.0. The summed E-state index contributed by atoms with van der Waals surface area (Å²) in [6, 6.07) is 42.1. The Balaban J connectivity index is 1.53. The molecule has 1 saturated carbocycles. The third kappa shape index (κ3) is 3.24. The molecule has 188 valence electrons. The van der Waals surface area contributed by atoms with Crippen LogP contribution >= 0.6 is 0 Å². The van der Waals surface area contributed by atoms with Gasteiger partial charge in [-0.2, -0.15) is 0 Å². The first-order chi connectivity index (χ1) is 18.7. The number of nitrogens with zero attached hydrogens (tertiary/aromatic N) is 3. The average Bonchev–Trinajstić information content (AvgIpc) is 3.35. The first kappa shape index (κ1) is 23.3. The predicted octanol–water partition coefficient (Wildman–Crippen LogP) is 3.62. The predicted molar refractivity (Wildman–Crippen MR) is 154 cm³/mol. The molecule has 1 aromatic heterocycles. The van der Waals surface area contributed by atoms with Crippen molar-refractivity contribution in [2.24, 2.45) is 0 Å². The van der Waals surface area contributed by atoms with Crippen LogP contribution in [0.1, 0.15) is 31.3 Å². The van der Waals surface area contributed by atoms with E-state index in [1.807, 2.05) is 39.7 Å². The van der Waals surface area contributed by atoms with Crippen molar-refractivity contribution in [2.75, 3.05) is 0 Å². The van der Waals surface area contributed by atoms with Gasteiger partial charge < -0.3 is 0 Å². The van der Waals surface area contributed by atoms with Gasteiger partial charge in [0.2, 0.25) is 0 Å². The first-order valence-corrected chi connectivity index (χ1v) is 17.8. The van der Waals surface area contributed by atoms with Crippen LogP contribution in [0.3, 0.4) is 0 Å². The van der Waals surface area contributed by atoms with Gasteiger partial charge in [-0.1, -0.05) is 0 Å². The van der Waals surface area contributed by atoms with Crippen LogP contribution in [-0.2, 0) is 0 Å². The molecule has 1 aliphatic carbocycles. The molecule has 2 heterocycles. The van der Waals surface area contributed by atoms with E-state index in [0.29, 0.717) is 5.69 Å². The molecule has 0 spiro atoms. The van der Waals surface area contributed by atoms with Crippen molar-refractivity contribution in [1.29, 1.82) is 0 Å². The Morgan fingerprint density at radius 2 is 0.895 bits per heavy atom. The van der Waals surface area contributed by atoms with E-state index in [4.69, 9.17) is 0 Å². The van der Waals surface area contributed by atoms with E-state index in [2.05, 4.69) is 91.0 Å². The molecule has 0 saturated heterocycles. The number of para-hydroxylation sites is 1. The summed E-state index contributed by atoms with van der Waals surface area (Å²) in [5.74, 6) is 0. The van der Waals surface area contributed by atoms with Crippen molar-refractivity contribution < 1.29 is 0 Å². The minimum atomic E-state index is -3.48. The van der Waals surface area contributed by atoms with Crippen molar-refractivity contribution in [3.8, 4) is 5.69 Å². The fourth-order valence-corrected chi connectivity index (χ4v) is 20.1. The molecule has 6 heteroatoms. The summed E-state index contributed by atoms with van der Waals surface area (Å²) in [5.41, 5.74) is 0.200. The van der Waals surface area contributed by atoms with Crippen LogP contribution in [0.15, 0.2) is 131 Å². The number of benzene rings is 4. The molecule has 0 amide bonds. The van der Waals surface area contributed by atoms with E-state index < -0.39 is 13.3 Å². The standard InChI is InChI=1S/C32H29GeN3O2/c37-31-34(27-20-11-4-12-21-27)32(38)36-29-23-13-22-28(35(31)36)30(29)33(24-14-5-1-6-15-24,25-16-7-2-8-17-25)26-18-9-3-10-19-26/h1-12,14-21,28-30H,13,22-23H2. The number of hydrogen-bond acceptors (Lipinski definition) is 2. The number of hydrogen-bond donors (Lipinski definition) is 0.